The smallest absolute Gasteiger partial charge is 0.290 e. The molecule has 0 bridgehead atoms. The molecule has 0 fully saturated rings. The minimum Gasteiger partial charge on any atom is -0.508 e. The molecule has 3 N–H and O–H groups in total. The molecule has 0 aliphatic heterocycles. The lowest BCUT2D eigenvalue weighted by Gasteiger charge is -2.08. The number of benzene rings is 2. The summed E-state index contributed by atoms with van der Waals surface area (Å²) in [6.07, 6.45) is 0. The van der Waals surface area contributed by atoms with Crippen LogP contribution in [-0.2, 0) is 20.6 Å². The molecule has 0 saturated heterocycles. The van der Waals surface area contributed by atoms with E-state index in [2.05, 4.69) is 20.7 Å². The Bertz CT molecular complexity index is 680. The number of sulfonamides is 1. The molecule has 0 spiro atoms. The van der Waals surface area contributed by atoms with Crippen molar-refractivity contribution in [2.45, 2.75) is 5.75 Å². The van der Waals surface area contributed by atoms with E-state index in [0.29, 0.717) is 11.3 Å². The fourth-order valence-corrected chi connectivity index (χ4v) is 3.25. The van der Waals surface area contributed by atoms with Crippen LogP contribution >= 0.6 is 15.9 Å². The maximum Gasteiger partial charge on any atom is 0.290 e. The second-order valence-corrected chi connectivity index (χ2v) is 6.78. The zero-order chi connectivity index (χ0) is 16.6. The van der Waals surface area contributed by atoms with Crippen molar-refractivity contribution in [3.8, 4) is 5.75 Å². The van der Waals surface area contributed by atoms with Crippen molar-refractivity contribution in [3.05, 3.63) is 58.6 Å². The lowest BCUT2D eigenvalue weighted by atomic mass is 10.2. The van der Waals surface area contributed by atoms with Gasteiger partial charge in [-0.05, 0) is 29.8 Å². The Hall–Kier alpha value is -2.06. The summed E-state index contributed by atoms with van der Waals surface area (Å²) >= 11 is 3.30. The molecule has 0 amide bonds. The second-order valence-electron chi connectivity index (χ2n) is 4.15. The molecule has 0 saturated carbocycles. The van der Waals surface area contributed by atoms with Gasteiger partial charge in [0.05, 0.1) is 11.4 Å². The third-order valence-electron chi connectivity index (χ3n) is 2.37. The Morgan fingerprint density at radius 2 is 1.77 bits per heavy atom. The van der Waals surface area contributed by atoms with Gasteiger partial charge in [0, 0.05) is 10.5 Å². The van der Waals surface area contributed by atoms with E-state index in [4.69, 9.17) is 9.90 Å². The first-order valence-electron chi connectivity index (χ1n) is 5.98. The first-order chi connectivity index (χ1) is 10.4. The molecular formula is C14H14BrNO5S. The number of phenols is 1. The molecule has 0 atom stereocenters. The van der Waals surface area contributed by atoms with Crippen LogP contribution in [0.5, 0.6) is 5.75 Å². The number of halogens is 1. The number of carboxylic acid groups (broad SMARTS) is 1. The molecule has 0 aromatic heterocycles. The largest absolute Gasteiger partial charge is 0.508 e. The number of anilines is 1. The number of nitrogens with one attached hydrogen (secondary N) is 1. The molecule has 0 aliphatic rings. The van der Waals surface area contributed by atoms with Crippen LogP contribution in [0.4, 0.5) is 5.69 Å². The third-order valence-corrected chi connectivity index (χ3v) is 4.12. The maximum atomic E-state index is 12.0. The van der Waals surface area contributed by atoms with Crippen LogP contribution in [0, 0.1) is 0 Å². The van der Waals surface area contributed by atoms with Crippen LogP contribution in [0.25, 0.3) is 0 Å². The monoisotopic (exact) mass is 387 g/mol. The quantitative estimate of drug-likeness (QED) is 0.699. The number of rotatable bonds is 4. The fourth-order valence-electron chi connectivity index (χ4n) is 1.63. The lowest BCUT2D eigenvalue weighted by molar-refractivity contribution is -0.122. The van der Waals surface area contributed by atoms with Crippen molar-refractivity contribution in [3.63, 3.8) is 0 Å². The van der Waals surface area contributed by atoms with Gasteiger partial charge in [0.2, 0.25) is 10.0 Å². The van der Waals surface area contributed by atoms with Gasteiger partial charge in [-0.15, -0.1) is 0 Å². The Morgan fingerprint density at radius 3 is 2.36 bits per heavy atom. The van der Waals surface area contributed by atoms with Gasteiger partial charge in [-0.3, -0.25) is 9.52 Å². The summed E-state index contributed by atoms with van der Waals surface area (Å²) < 4.78 is 27.2. The van der Waals surface area contributed by atoms with Gasteiger partial charge in [0.15, 0.2) is 0 Å². The van der Waals surface area contributed by atoms with Crippen LogP contribution < -0.4 is 4.72 Å². The normalized spacial score (nSPS) is 10.2. The third kappa shape index (κ3) is 6.59. The average Bonchev–Trinajstić information content (AvgIpc) is 2.38. The minimum absolute atomic E-state index is 0.0163. The molecule has 6 nitrogen and oxygen atoms in total. The number of aromatic hydroxyl groups is 1. The molecular weight excluding hydrogens is 374 g/mol. The van der Waals surface area contributed by atoms with Crippen LogP contribution in [0.1, 0.15) is 5.56 Å². The molecule has 2 rings (SSSR count). The molecule has 8 heteroatoms. The molecule has 2 aromatic rings. The van der Waals surface area contributed by atoms with Gasteiger partial charge < -0.3 is 10.2 Å². The number of phenolic OH excluding ortho intramolecular Hbond substituents is 1. The maximum absolute atomic E-state index is 12.0. The summed E-state index contributed by atoms with van der Waals surface area (Å²) in [4.78, 5) is 8.36. The summed E-state index contributed by atoms with van der Waals surface area (Å²) in [7, 11) is -3.50. The summed E-state index contributed by atoms with van der Waals surface area (Å²) in [5, 5.41) is 16.2. The zero-order valence-corrected chi connectivity index (χ0v) is 13.7. The van der Waals surface area contributed by atoms with E-state index < -0.39 is 10.0 Å². The van der Waals surface area contributed by atoms with Crippen LogP contribution in [0.3, 0.4) is 0 Å². The zero-order valence-electron chi connectivity index (χ0n) is 11.3. The highest BCUT2D eigenvalue weighted by Gasteiger charge is 2.12. The number of carbonyl (C=O) groups is 1. The van der Waals surface area contributed by atoms with Crippen molar-refractivity contribution in [2.24, 2.45) is 0 Å². The van der Waals surface area contributed by atoms with Crippen LogP contribution in [0.15, 0.2) is 53.0 Å². The van der Waals surface area contributed by atoms with E-state index in [9.17, 15) is 13.5 Å². The summed E-state index contributed by atoms with van der Waals surface area (Å²) in [5.74, 6) is -0.107. The van der Waals surface area contributed by atoms with E-state index in [1.165, 1.54) is 12.1 Å². The van der Waals surface area contributed by atoms with Crippen molar-refractivity contribution < 1.29 is 23.4 Å². The SMILES string of the molecule is O=CO.O=S(=O)(Cc1cccc(Br)c1)Nc1cccc(O)c1. The summed E-state index contributed by atoms with van der Waals surface area (Å²) in [6, 6.07) is 13.1. The van der Waals surface area contributed by atoms with E-state index in [1.807, 2.05) is 6.07 Å². The van der Waals surface area contributed by atoms with Gasteiger partial charge in [-0.1, -0.05) is 34.1 Å². The highest BCUT2D eigenvalue weighted by molar-refractivity contribution is 9.10. The first kappa shape index (κ1) is 18.0. The van der Waals surface area contributed by atoms with E-state index in [0.717, 1.165) is 4.47 Å². The molecule has 0 unspecified atom stereocenters. The molecule has 2 aromatic carbocycles. The van der Waals surface area contributed by atoms with Crippen molar-refractivity contribution >= 4 is 38.1 Å². The molecule has 118 valence electrons. The Labute approximate surface area is 136 Å². The Morgan fingerprint density at radius 1 is 1.14 bits per heavy atom. The second kappa shape index (κ2) is 8.40. The van der Waals surface area contributed by atoms with E-state index >= 15 is 0 Å². The highest BCUT2D eigenvalue weighted by Crippen LogP contribution is 2.19. The minimum atomic E-state index is -3.50. The van der Waals surface area contributed by atoms with Gasteiger partial charge >= 0.3 is 0 Å². The lowest BCUT2D eigenvalue weighted by Crippen LogP contribution is -2.14. The number of hydrogen-bond acceptors (Lipinski definition) is 4. The van der Waals surface area contributed by atoms with Crippen LogP contribution in [-0.4, -0.2) is 25.1 Å². The van der Waals surface area contributed by atoms with Crippen molar-refractivity contribution in [1.82, 2.24) is 0 Å². The highest BCUT2D eigenvalue weighted by atomic mass is 79.9. The number of hydrogen-bond donors (Lipinski definition) is 3. The fraction of sp³-hybridized carbons (Fsp3) is 0.0714. The van der Waals surface area contributed by atoms with Gasteiger partial charge in [0.1, 0.15) is 5.75 Å². The molecule has 0 radical (unpaired) electrons. The topological polar surface area (TPSA) is 104 Å². The van der Waals surface area contributed by atoms with Crippen molar-refractivity contribution in [2.75, 3.05) is 4.72 Å². The predicted molar refractivity (Wildman–Crippen MR) is 87.2 cm³/mol. The van der Waals surface area contributed by atoms with Gasteiger partial charge in [-0.2, -0.15) is 0 Å². The van der Waals surface area contributed by atoms with E-state index in [-0.39, 0.29) is 18.0 Å². The summed E-state index contributed by atoms with van der Waals surface area (Å²) in [6.45, 7) is -0.250. The molecule has 0 heterocycles. The Kier molecular flexibility index (Phi) is 6.87. The Balaban J connectivity index is 0.000000745. The summed E-state index contributed by atoms with van der Waals surface area (Å²) in [5.41, 5.74) is 1.03. The van der Waals surface area contributed by atoms with Crippen LogP contribution in [0.2, 0.25) is 0 Å². The first-order valence-corrected chi connectivity index (χ1v) is 8.42. The molecule has 22 heavy (non-hydrogen) atoms. The van der Waals surface area contributed by atoms with E-state index in [1.54, 1.807) is 30.3 Å². The van der Waals surface area contributed by atoms with Crippen molar-refractivity contribution in [1.29, 1.82) is 0 Å². The average molecular weight is 388 g/mol. The standard InChI is InChI=1S/C13H12BrNO3S.CH2O2/c14-11-4-1-3-10(7-11)9-19(17,18)15-12-5-2-6-13(16)8-12;2-1-3/h1-8,15-16H,9H2;1H,(H,2,3). The van der Waals surface area contributed by atoms with Gasteiger partial charge in [0.25, 0.3) is 6.47 Å². The molecule has 0 aliphatic carbocycles. The predicted octanol–water partition coefficient (Wildman–Crippen LogP) is 2.80. The van der Waals surface area contributed by atoms with Gasteiger partial charge in [-0.25, -0.2) is 8.42 Å².